The highest BCUT2D eigenvalue weighted by Crippen LogP contribution is 2.31. The van der Waals surface area contributed by atoms with Crippen molar-refractivity contribution in [1.82, 2.24) is 9.80 Å². The molecule has 6 nitrogen and oxygen atoms in total. The Morgan fingerprint density at radius 3 is 2.60 bits per heavy atom. The second-order valence-electron chi connectivity index (χ2n) is 9.21. The van der Waals surface area contributed by atoms with E-state index in [1.165, 1.54) is 12.1 Å². The molecule has 35 heavy (non-hydrogen) atoms. The molecule has 0 N–H and O–H groups in total. The third-order valence-electron chi connectivity index (χ3n) is 6.98. The van der Waals surface area contributed by atoms with E-state index in [2.05, 4.69) is 4.90 Å². The van der Waals surface area contributed by atoms with Gasteiger partial charge in [0.05, 0.1) is 24.8 Å². The lowest BCUT2D eigenvalue weighted by Gasteiger charge is -2.41. The molecule has 4 rings (SSSR count). The van der Waals surface area contributed by atoms with E-state index in [9.17, 15) is 13.6 Å². The molecule has 2 aliphatic heterocycles. The summed E-state index contributed by atoms with van der Waals surface area (Å²) >= 11 is 0. The average molecular weight is 489 g/mol. The number of rotatable bonds is 4. The molecule has 0 spiro atoms. The van der Waals surface area contributed by atoms with Crippen molar-refractivity contribution in [2.24, 2.45) is 0 Å². The monoisotopic (exact) mass is 488 g/mol. The standard InChI is InChI=1S/C27H34F2N2O4/c1-33-20-9-10-21-26(17-20)35-15-14-30(18-19-8-11-22(28)23(29)16-19)12-4-3-6-24-25(34-2)7-5-13-31(24)27(21)32/h8-11,16-17,24-25H,3-7,12-15,18H2,1-2H3/t24-,25-/m1/s1. The van der Waals surface area contributed by atoms with Crippen LogP contribution in [-0.4, -0.2) is 68.3 Å². The number of hydrogen-bond donors (Lipinski definition) is 0. The Bertz CT molecular complexity index is 1020. The van der Waals surface area contributed by atoms with E-state index in [-0.39, 0.29) is 18.1 Å². The Kier molecular flexibility index (Phi) is 8.57. The van der Waals surface area contributed by atoms with E-state index in [4.69, 9.17) is 14.2 Å². The van der Waals surface area contributed by atoms with Gasteiger partial charge in [0.15, 0.2) is 11.6 Å². The lowest BCUT2D eigenvalue weighted by atomic mass is 9.93. The first kappa shape index (κ1) is 25.4. The fourth-order valence-corrected chi connectivity index (χ4v) is 5.11. The minimum atomic E-state index is -0.845. The molecule has 2 aliphatic rings. The van der Waals surface area contributed by atoms with Crippen LogP contribution in [-0.2, 0) is 11.3 Å². The Hall–Kier alpha value is -2.71. The van der Waals surface area contributed by atoms with Gasteiger partial charge in [0, 0.05) is 32.8 Å². The van der Waals surface area contributed by atoms with Crippen molar-refractivity contribution in [3.63, 3.8) is 0 Å². The number of nitrogens with zero attached hydrogens (tertiary/aromatic N) is 2. The predicted octanol–water partition coefficient (Wildman–Crippen LogP) is 4.66. The highest BCUT2D eigenvalue weighted by atomic mass is 19.2. The van der Waals surface area contributed by atoms with Crippen molar-refractivity contribution in [2.75, 3.05) is 40.5 Å². The summed E-state index contributed by atoms with van der Waals surface area (Å²) in [5.41, 5.74) is 1.22. The van der Waals surface area contributed by atoms with Crippen molar-refractivity contribution in [1.29, 1.82) is 0 Å². The largest absolute Gasteiger partial charge is 0.497 e. The quantitative estimate of drug-likeness (QED) is 0.627. The molecule has 2 heterocycles. The van der Waals surface area contributed by atoms with Crippen LogP contribution in [0.5, 0.6) is 11.5 Å². The maximum absolute atomic E-state index is 13.8. The van der Waals surface area contributed by atoms with Crippen LogP contribution in [0.25, 0.3) is 0 Å². The van der Waals surface area contributed by atoms with Crippen molar-refractivity contribution in [3.05, 3.63) is 59.2 Å². The molecule has 0 aliphatic carbocycles. The fourth-order valence-electron chi connectivity index (χ4n) is 5.11. The number of carbonyl (C=O) groups is 1. The average Bonchev–Trinajstić information content (AvgIpc) is 2.88. The normalized spacial score (nSPS) is 22.2. The highest BCUT2D eigenvalue weighted by molar-refractivity contribution is 5.97. The number of fused-ring (bicyclic) bond motifs is 2. The van der Waals surface area contributed by atoms with Gasteiger partial charge >= 0.3 is 0 Å². The predicted molar refractivity (Wildman–Crippen MR) is 129 cm³/mol. The molecule has 190 valence electrons. The Morgan fingerprint density at radius 1 is 0.971 bits per heavy atom. The second kappa shape index (κ2) is 11.8. The minimum absolute atomic E-state index is 0.00117. The SMILES string of the molecule is COc1ccc2c(c1)OCCN(Cc1ccc(F)c(F)c1)CCCC[C@@H]1[C@H](OC)CCCN1C2=O. The summed E-state index contributed by atoms with van der Waals surface area (Å²) in [5, 5.41) is 0. The fraction of sp³-hybridized carbons (Fsp3) is 0.519. The summed E-state index contributed by atoms with van der Waals surface area (Å²) in [5.74, 6) is -0.634. The van der Waals surface area contributed by atoms with Crippen LogP contribution in [0.4, 0.5) is 8.78 Å². The summed E-state index contributed by atoms with van der Waals surface area (Å²) in [6.45, 7) is 2.89. The van der Waals surface area contributed by atoms with Gasteiger partial charge in [-0.15, -0.1) is 0 Å². The zero-order valence-corrected chi connectivity index (χ0v) is 20.5. The second-order valence-corrected chi connectivity index (χ2v) is 9.21. The lowest BCUT2D eigenvalue weighted by molar-refractivity contribution is -0.0155. The molecule has 0 radical (unpaired) electrons. The lowest BCUT2D eigenvalue weighted by Crippen LogP contribution is -2.51. The summed E-state index contributed by atoms with van der Waals surface area (Å²) in [6, 6.07) is 9.32. The van der Waals surface area contributed by atoms with E-state index in [1.54, 1.807) is 38.5 Å². The van der Waals surface area contributed by atoms with Gasteiger partial charge in [0.1, 0.15) is 18.1 Å². The first-order valence-corrected chi connectivity index (χ1v) is 12.3. The molecule has 2 aromatic carbocycles. The Labute approximate surface area is 205 Å². The van der Waals surface area contributed by atoms with Crippen LogP contribution in [0, 0.1) is 11.6 Å². The van der Waals surface area contributed by atoms with Gasteiger partial charge in [-0.1, -0.05) is 12.5 Å². The molecule has 2 atom stereocenters. The van der Waals surface area contributed by atoms with E-state index in [0.717, 1.165) is 38.6 Å². The van der Waals surface area contributed by atoms with Crippen molar-refractivity contribution >= 4 is 5.91 Å². The maximum Gasteiger partial charge on any atom is 0.257 e. The maximum atomic E-state index is 13.8. The number of methoxy groups -OCH3 is 2. The number of ether oxygens (including phenoxy) is 3. The molecular weight excluding hydrogens is 454 g/mol. The smallest absolute Gasteiger partial charge is 0.257 e. The number of hydrogen-bond acceptors (Lipinski definition) is 5. The van der Waals surface area contributed by atoms with Gasteiger partial charge in [0.2, 0.25) is 0 Å². The highest BCUT2D eigenvalue weighted by Gasteiger charge is 2.35. The first-order chi connectivity index (χ1) is 17.0. The first-order valence-electron chi connectivity index (χ1n) is 12.3. The number of carbonyl (C=O) groups excluding carboxylic acids is 1. The zero-order chi connectivity index (χ0) is 24.8. The van der Waals surface area contributed by atoms with Gasteiger partial charge in [-0.25, -0.2) is 8.78 Å². The summed E-state index contributed by atoms with van der Waals surface area (Å²) in [6.07, 6.45) is 4.51. The van der Waals surface area contributed by atoms with Crippen molar-refractivity contribution in [2.45, 2.75) is 50.8 Å². The van der Waals surface area contributed by atoms with Crippen LogP contribution in [0.1, 0.15) is 48.0 Å². The molecule has 1 fully saturated rings. The van der Waals surface area contributed by atoms with E-state index in [0.29, 0.717) is 48.9 Å². The van der Waals surface area contributed by atoms with Crippen LogP contribution in [0.2, 0.25) is 0 Å². The molecule has 0 bridgehead atoms. The van der Waals surface area contributed by atoms with E-state index >= 15 is 0 Å². The molecule has 8 heteroatoms. The van der Waals surface area contributed by atoms with Gasteiger partial charge in [0.25, 0.3) is 5.91 Å². The van der Waals surface area contributed by atoms with Gasteiger partial charge in [-0.2, -0.15) is 0 Å². The topological polar surface area (TPSA) is 51.2 Å². The molecule has 0 aromatic heterocycles. The summed E-state index contributed by atoms with van der Waals surface area (Å²) < 4.78 is 44.4. The molecule has 0 unspecified atom stereocenters. The Morgan fingerprint density at radius 2 is 1.83 bits per heavy atom. The number of amides is 1. The van der Waals surface area contributed by atoms with Crippen LogP contribution in [0.15, 0.2) is 36.4 Å². The van der Waals surface area contributed by atoms with Crippen molar-refractivity contribution < 1.29 is 27.8 Å². The third kappa shape index (κ3) is 6.11. The zero-order valence-electron chi connectivity index (χ0n) is 20.5. The van der Waals surface area contributed by atoms with Crippen LogP contribution >= 0.6 is 0 Å². The molecular formula is C27H34F2N2O4. The van der Waals surface area contributed by atoms with E-state index < -0.39 is 11.6 Å². The molecule has 0 saturated carbocycles. The molecule has 1 saturated heterocycles. The molecule has 1 amide bonds. The summed E-state index contributed by atoms with van der Waals surface area (Å²) in [4.78, 5) is 17.8. The van der Waals surface area contributed by atoms with Crippen molar-refractivity contribution in [3.8, 4) is 11.5 Å². The Balaban J connectivity index is 1.59. The van der Waals surface area contributed by atoms with Crippen LogP contribution in [0.3, 0.4) is 0 Å². The minimum Gasteiger partial charge on any atom is -0.497 e. The van der Waals surface area contributed by atoms with Gasteiger partial charge in [-0.05, 0) is 62.1 Å². The number of piperidine rings is 1. The van der Waals surface area contributed by atoms with Crippen LogP contribution < -0.4 is 9.47 Å². The van der Waals surface area contributed by atoms with Gasteiger partial charge in [-0.3, -0.25) is 9.69 Å². The third-order valence-corrected chi connectivity index (χ3v) is 6.98. The summed E-state index contributed by atoms with van der Waals surface area (Å²) in [7, 11) is 3.29. The van der Waals surface area contributed by atoms with Gasteiger partial charge < -0.3 is 19.1 Å². The molecule has 2 aromatic rings. The van der Waals surface area contributed by atoms with E-state index in [1.807, 2.05) is 4.90 Å². The number of halogens is 2. The number of benzene rings is 2.